The first kappa shape index (κ1) is 15.2. The minimum absolute atomic E-state index is 0.00219. The summed E-state index contributed by atoms with van der Waals surface area (Å²) in [6, 6.07) is 1.22. The number of amides is 2. The number of allylic oxidation sites excluding steroid dienone is 1. The lowest BCUT2D eigenvalue weighted by atomic mass is 9.97. The molecule has 21 heavy (non-hydrogen) atoms. The maximum atomic E-state index is 11.8. The van der Waals surface area contributed by atoms with Crippen LogP contribution in [-0.4, -0.2) is 28.6 Å². The van der Waals surface area contributed by atoms with Crippen molar-refractivity contribution in [1.82, 2.24) is 10.3 Å². The van der Waals surface area contributed by atoms with Crippen molar-refractivity contribution in [3.8, 4) is 0 Å². The number of hydrogen-bond donors (Lipinski definition) is 4. The molecule has 0 bridgehead atoms. The average Bonchev–Trinajstić information content (AvgIpc) is 2.81. The quantitative estimate of drug-likeness (QED) is 0.628. The Morgan fingerprint density at radius 1 is 1.38 bits per heavy atom. The van der Waals surface area contributed by atoms with E-state index in [1.165, 1.54) is 18.4 Å². The highest BCUT2D eigenvalue weighted by atomic mass is 16.4. The van der Waals surface area contributed by atoms with E-state index in [1.54, 1.807) is 13.0 Å². The van der Waals surface area contributed by atoms with Crippen molar-refractivity contribution in [3.63, 3.8) is 0 Å². The molecule has 6 heteroatoms. The van der Waals surface area contributed by atoms with E-state index >= 15 is 0 Å². The van der Waals surface area contributed by atoms with Gasteiger partial charge in [-0.3, -0.25) is 0 Å². The van der Waals surface area contributed by atoms with Gasteiger partial charge in [0.15, 0.2) is 0 Å². The Morgan fingerprint density at radius 2 is 2.19 bits per heavy atom. The standard InChI is InChI=1S/C15H21N3O3/c1-10-9-12(13(17-10)14(19)20)18-15(21)16-8-7-11-5-3-2-4-6-11/h5,9,17H,2-4,6-8H2,1H3,(H,19,20)(H2,16,18,21). The number of rotatable bonds is 5. The second-order valence-corrected chi connectivity index (χ2v) is 5.29. The second-order valence-electron chi connectivity index (χ2n) is 5.29. The number of H-pyrrole nitrogens is 1. The summed E-state index contributed by atoms with van der Waals surface area (Å²) in [7, 11) is 0. The lowest BCUT2D eigenvalue weighted by molar-refractivity contribution is 0.0692. The summed E-state index contributed by atoms with van der Waals surface area (Å²) in [4.78, 5) is 25.5. The zero-order valence-electron chi connectivity index (χ0n) is 12.2. The molecule has 0 saturated heterocycles. The summed E-state index contributed by atoms with van der Waals surface area (Å²) in [6.07, 6.45) is 7.83. The van der Waals surface area contributed by atoms with Gasteiger partial charge in [-0.15, -0.1) is 0 Å². The number of carboxylic acid groups (broad SMARTS) is 1. The normalized spacial score (nSPS) is 14.4. The van der Waals surface area contributed by atoms with Crippen LogP contribution < -0.4 is 10.6 Å². The van der Waals surface area contributed by atoms with Gasteiger partial charge in [0, 0.05) is 12.2 Å². The predicted octanol–water partition coefficient (Wildman–Crippen LogP) is 3.03. The maximum absolute atomic E-state index is 11.8. The molecule has 0 unspecified atom stereocenters. The molecule has 2 amide bonds. The number of nitrogens with one attached hydrogen (secondary N) is 3. The molecule has 1 aromatic rings. The molecule has 1 aromatic heterocycles. The SMILES string of the molecule is Cc1cc(NC(=O)NCCC2=CCCCC2)c(C(=O)O)[nH]1. The molecule has 0 saturated carbocycles. The highest BCUT2D eigenvalue weighted by Gasteiger charge is 2.15. The minimum atomic E-state index is -1.09. The summed E-state index contributed by atoms with van der Waals surface area (Å²) in [6.45, 7) is 2.30. The third-order valence-electron chi connectivity index (χ3n) is 3.53. The molecule has 0 radical (unpaired) electrons. The van der Waals surface area contributed by atoms with Gasteiger partial charge in [-0.2, -0.15) is 0 Å². The fourth-order valence-corrected chi connectivity index (χ4v) is 2.49. The number of aromatic carboxylic acids is 1. The number of anilines is 1. The van der Waals surface area contributed by atoms with Gasteiger partial charge in [0.1, 0.15) is 5.69 Å². The summed E-state index contributed by atoms with van der Waals surface area (Å²) in [5.41, 5.74) is 2.37. The number of aromatic amines is 1. The monoisotopic (exact) mass is 291 g/mol. The molecule has 1 heterocycles. The van der Waals surface area contributed by atoms with Crippen molar-refractivity contribution in [1.29, 1.82) is 0 Å². The van der Waals surface area contributed by atoms with Crippen molar-refractivity contribution in [2.45, 2.75) is 39.0 Å². The molecule has 0 aliphatic heterocycles. The zero-order chi connectivity index (χ0) is 15.2. The first-order chi connectivity index (χ1) is 10.1. The van der Waals surface area contributed by atoms with Gasteiger partial charge < -0.3 is 20.7 Å². The van der Waals surface area contributed by atoms with Gasteiger partial charge in [-0.05, 0) is 45.1 Å². The predicted molar refractivity (Wildman–Crippen MR) is 80.7 cm³/mol. The number of hydrogen-bond acceptors (Lipinski definition) is 2. The minimum Gasteiger partial charge on any atom is -0.477 e. The Morgan fingerprint density at radius 3 is 2.86 bits per heavy atom. The molecule has 1 aliphatic rings. The summed E-state index contributed by atoms with van der Waals surface area (Å²) in [5.74, 6) is -1.09. The lowest BCUT2D eigenvalue weighted by Crippen LogP contribution is -2.30. The fourth-order valence-electron chi connectivity index (χ4n) is 2.49. The molecule has 2 rings (SSSR count). The number of carbonyl (C=O) groups excluding carboxylic acids is 1. The molecule has 114 valence electrons. The molecular formula is C15H21N3O3. The van der Waals surface area contributed by atoms with Crippen LogP contribution in [0.15, 0.2) is 17.7 Å². The van der Waals surface area contributed by atoms with E-state index < -0.39 is 5.97 Å². The van der Waals surface area contributed by atoms with Gasteiger partial charge in [0.05, 0.1) is 5.69 Å². The largest absolute Gasteiger partial charge is 0.477 e. The number of aryl methyl sites for hydroxylation is 1. The van der Waals surface area contributed by atoms with Crippen LogP contribution in [-0.2, 0) is 0 Å². The molecule has 4 N–H and O–H groups in total. The van der Waals surface area contributed by atoms with Crippen molar-refractivity contribution in [2.75, 3.05) is 11.9 Å². The van der Waals surface area contributed by atoms with Gasteiger partial charge in [-0.25, -0.2) is 9.59 Å². The van der Waals surface area contributed by atoms with Crippen LogP contribution in [0.1, 0.15) is 48.3 Å². The van der Waals surface area contributed by atoms with Crippen molar-refractivity contribution >= 4 is 17.7 Å². The van der Waals surface area contributed by atoms with Crippen LogP contribution >= 0.6 is 0 Å². The smallest absolute Gasteiger partial charge is 0.354 e. The molecule has 0 spiro atoms. The molecule has 0 atom stereocenters. The first-order valence-corrected chi connectivity index (χ1v) is 7.22. The molecule has 1 aliphatic carbocycles. The molecule has 6 nitrogen and oxygen atoms in total. The number of urea groups is 1. The fraction of sp³-hybridized carbons (Fsp3) is 0.467. The zero-order valence-corrected chi connectivity index (χ0v) is 12.2. The Balaban J connectivity index is 1.82. The first-order valence-electron chi connectivity index (χ1n) is 7.22. The summed E-state index contributed by atoms with van der Waals surface area (Å²) >= 11 is 0. The van der Waals surface area contributed by atoms with Gasteiger partial charge in [-0.1, -0.05) is 11.6 Å². The van der Waals surface area contributed by atoms with Crippen LogP contribution in [0.25, 0.3) is 0 Å². The lowest BCUT2D eigenvalue weighted by Gasteiger charge is -2.13. The Bertz CT molecular complexity index is 561. The van der Waals surface area contributed by atoms with Crippen molar-refractivity contribution in [2.24, 2.45) is 0 Å². The van der Waals surface area contributed by atoms with E-state index in [0.717, 1.165) is 19.3 Å². The second kappa shape index (κ2) is 6.97. The van der Waals surface area contributed by atoms with Crippen LogP contribution in [0.3, 0.4) is 0 Å². The van der Waals surface area contributed by atoms with E-state index in [2.05, 4.69) is 21.7 Å². The van der Waals surface area contributed by atoms with Gasteiger partial charge in [0.25, 0.3) is 0 Å². The van der Waals surface area contributed by atoms with E-state index in [4.69, 9.17) is 5.11 Å². The van der Waals surface area contributed by atoms with Gasteiger partial charge >= 0.3 is 12.0 Å². The number of carbonyl (C=O) groups is 2. The van der Waals surface area contributed by atoms with Gasteiger partial charge in [0.2, 0.25) is 0 Å². The number of aromatic nitrogens is 1. The van der Waals surface area contributed by atoms with E-state index in [1.807, 2.05) is 0 Å². The van der Waals surface area contributed by atoms with E-state index in [9.17, 15) is 9.59 Å². The molecule has 0 fully saturated rings. The topological polar surface area (TPSA) is 94.2 Å². The van der Waals surface area contributed by atoms with Crippen LogP contribution in [0.5, 0.6) is 0 Å². The maximum Gasteiger partial charge on any atom is 0.354 e. The molecular weight excluding hydrogens is 270 g/mol. The van der Waals surface area contributed by atoms with Crippen LogP contribution in [0.4, 0.5) is 10.5 Å². The van der Waals surface area contributed by atoms with Crippen molar-refractivity contribution < 1.29 is 14.7 Å². The third-order valence-corrected chi connectivity index (χ3v) is 3.53. The highest BCUT2D eigenvalue weighted by Crippen LogP contribution is 2.19. The Kier molecular flexibility index (Phi) is 5.03. The highest BCUT2D eigenvalue weighted by molar-refractivity contribution is 5.99. The van der Waals surface area contributed by atoms with E-state index in [-0.39, 0.29) is 17.4 Å². The van der Waals surface area contributed by atoms with Crippen LogP contribution in [0, 0.1) is 6.92 Å². The third kappa shape index (κ3) is 4.37. The summed E-state index contributed by atoms with van der Waals surface area (Å²) in [5, 5.41) is 14.4. The van der Waals surface area contributed by atoms with E-state index in [0.29, 0.717) is 12.2 Å². The Labute approximate surface area is 123 Å². The molecule has 0 aromatic carbocycles. The average molecular weight is 291 g/mol. The Hall–Kier alpha value is -2.24. The summed E-state index contributed by atoms with van der Waals surface area (Å²) < 4.78 is 0. The number of carboxylic acids is 1. The van der Waals surface area contributed by atoms with Crippen LogP contribution in [0.2, 0.25) is 0 Å². The van der Waals surface area contributed by atoms with Crippen molar-refractivity contribution in [3.05, 3.63) is 29.1 Å².